The van der Waals surface area contributed by atoms with E-state index in [2.05, 4.69) is 25.8 Å². The zero-order valence-electron chi connectivity index (χ0n) is 27.9. The van der Waals surface area contributed by atoms with Crippen molar-refractivity contribution in [3.63, 3.8) is 0 Å². The fourth-order valence-corrected chi connectivity index (χ4v) is 9.29. The highest BCUT2D eigenvalue weighted by Crippen LogP contribution is 2.68. The fourth-order valence-electron chi connectivity index (χ4n) is 9.29. The number of aromatic nitrogens is 1. The summed E-state index contributed by atoms with van der Waals surface area (Å²) in [5.41, 5.74) is -1.98. The molecule has 2 aliphatic carbocycles. The Morgan fingerprint density at radius 2 is 1.83 bits per heavy atom. The molecule has 0 amide bonds. The minimum atomic E-state index is -1.28. The monoisotopic (exact) mass is 651 g/mol. The van der Waals surface area contributed by atoms with E-state index in [1.54, 1.807) is 36.7 Å². The highest BCUT2D eigenvalue weighted by atomic mass is 16.6. The summed E-state index contributed by atoms with van der Waals surface area (Å²) in [5, 5.41) is 14.0. The summed E-state index contributed by atoms with van der Waals surface area (Å²) in [6.45, 7) is 9.87. The first-order chi connectivity index (χ1) is 22.9. The minimum Gasteiger partial charge on any atom is -0.482 e. The molecule has 250 valence electrons. The Morgan fingerprint density at radius 3 is 2.58 bits per heavy atom. The Labute approximate surface area is 279 Å². The second-order valence-electron chi connectivity index (χ2n) is 14.6. The van der Waals surface area contributed by atoms with Gasteiger partial charge in [-0.25, -0.2) is 9.59 Å². The lowest BCUT2D eigenvalue weighted by Crippen LogP contribution is -2.70. The van der Waals surface area contributed by atoms with Gasteiger partial charge in [0.05, 0.1) is 18.3 Å². The maximum atomic E-state index is 14.2. The van der Waals surface area contributed by atoms with Crippen LogP contribution in [0.4, 0.5) is 0 Å². The summed E-state index contributed by atoms with van der Waals surface area (Å²) >= 11 is 0. The molecule has 0 saturated heterocycles. The van der Waals surface area contributed by atoms with E-state index in [0.29, 0.717) is 17.5 Å². The number of aliphatic hydroxyl groups excluding tert-OH is 1. The topological polar surface area (TPSA) is 125 Å². The number of esters is 2. The molecule has 9 nitrogen and oxygen atoms in total. The van der Waals surface area contributed by atoms with Gasteiger partial charge in [0.1, 0.15) is 28.8 Å². The number of ether oxygens (including phenoxy) is 3. The van der Waals surface area contributed by atoms with E-state index in [-0.39, 0.29) is 41.5 Å². The van der Waals surface area contributed by atoms with Crippen molar-refractivity contribution in [2.45, 2.75) is 71.7 Å². The maximum absolute atomic E-state index is 14.2. The van der Waals surface area contributed by atoms with E-state index in [1.807, 2.05) is 43.3 Å². The Kier molecular flexibility index (Phi) is 7.74. The number of benzene rings is 2. The van der Waals surface area contributed by atoms with Gasteiger partial charge in [-0.3, -0.25) is 9.78 Å². The summed E-state index contributed by atoms with van der Waals surface area (Å²) in [6, 6.07) is 18.3. The molecule has 1 aliphatic heterocycles. The first kappa shape index (κ1) is 32.1. The Morgan fingerprint density at radius 1 is 1.06 bits per heavy atom. The van der Waals surface area contributed by atoms with Crippen LogP contribution in [-0.2, 0) is 14.3 Å². The van der Waals surface area contributed by atoms with Crippen LogP contribution in [0.15, 0.2) is 82.3 Å². The average molecular weight is 652 g/mol. The van der Waals surface area contributed by atoms with Crippen LogP contribution in [0, 0.1) is 28.6 Å². The lowest BCUT2D eigenvalue weighted by atomic mass is 9.41. The van der Waals surface area contributed by atoms with Crippen LogP contribution in [0.1, 0.15) is 75.9 Å². The molecule has 8 atom stereocenters. The van der Waals surface area contributed by atoms with Crippen molar-refractivity contribution in [3.05, 3.63) is 94.6 Å². The molecule has 4 aromatic rings. The van der Waals surface area contributed by atoms with Crippen LogP contribution in [0.25, 0.3) is 22.1 Å². The number of carbonyl (C=O) groups is 2. The SMILES string of the molecule is CC(=O)OCC1(C)C2C[C@H](OC(=O)c3cccc4ccccc34)[C@@]3(C)Oc4cc(-c5cccnc5)oc(=O)c4[C@H](O)C3[C@@]2(C)CC[C@@H]1C. The summed E-state index contributed by atoms with van der Waals surface area (Å²) in [5.74, 6) is -1.10. The Balaban J connectivity index is 1.37. The highest BCUT2D eigenvalue weighted by molar-refractivity contribution is 6.04. The number of fused-ring (bicyclic) bond motifs is 5. The third-order valence-corrected chi connectivity index (χ3v) is 11.9. The molecule has 2 fully saturated rings. The van der Waals surface area contributed by atoms with E-state index < -0.39 is 46.2 Å². The largest absolute Gasteiger partial charge is 0.482 e. The molecule has 48 heavy (non-hydrogen) atoms. The van der Waals surface area contributed by atoms with Gasteiger partial charge >= 0.3 is 17.6 Å². The highest BCUT2D eigenvalue weighted by Gasteiger charge is 2.70. The number of hydrogen-bond donors (Lipinski definition) is 1. The molecule has 2 aromatic heterocycles. The maximum Gasteiger partial charge on any atom is 0.345 e. The van der Waals surface area contributed by atoms with Crippen LogP contribution < -0.4 is 10.4 Å². The van der Waals surface area contributed by atoms with Crippen LogP contribution in [0.5, 0.6) is 5.75 Å². The van der Waals surface area contributed by atoms with E-state index in [4.69, 9.17) is 18.6 Å². The molecule has 9 heteroatoms. The quantitative estimate of drug-likeness (QED) is 0.229. The van der Waals surface area contributed by atoms with E-state index in [0.717, 1.165) is 23.6 Å². The zero-order valence-corrected chi connectivity index (χ0v) is 27.9. The van der Waals surface area contributed by atoms with Gasteiger partial charge in [-0.1, -0.05) is 57.2 Å². The molecular weight excluding hydrogens is 610 g/mol. The standard InChI is InChI=1S/C39H41NO8/c1-22-15-16-37(3)30(38(22,4)21-45-23(2)41)19-31(47-35(43)27-14-8-11-24-10-6-7-13-26(24)27)39(5)34(37)33(42)32-29(48-39)18-28(46-36(32)44)25-12-9-17-40-20-25/h6-14,17-18,20,22,30-31,33-34,42H,15-16,19,21H2,1-5H3/t22-,30?,31-,33-,34?,37-,38?,39+/m0/s1. The number of aliphatic hydroxyl groups is 1. The van der Waals surface area contributed by atoms with Crippen molar-refractivity contribution in [3.8, 4) is 17.1 Å². The van der Waals surface area contributed by atoms with Crippen LogP contribution in [0.2, 0.25) is 0 Å². The molecular formula is C39H41NO8. The predicted molar refractivity (Wildman–Crippen MR) is 178 cm³/mol. The normalized spacial score (nSPS) is 32.2. The third kappa shape index (κ3) is 4.93. The molecule has 0 radical (unpaired) electrons. The first-order valence-electron chi connectivity index (χ1n) is 16.6. The van der Waals surface area contributed by atoms with E-state index >= 15 is 0 Å². The zero-order chi connectivity index (χ0) is 34.0. The summed E-state index contributed by atoms with van der Waals surface area (Å²) in [6.07, 6.45) is 3.05. The van der Waals surface area contributed by atoms with Gasteiger partial charge in [0.15, 0.2) is 0 Å². The number of nitrogens with zero attached hydrogens (tertiary/aromatic N) is 1. The van der Waals surface area contributed by atoms with Gasteiger partial charge < -0.3 is 23.7 Å². The molecule has 1 N–H and O–H groups in total. The summed E-state index contributed by atoms with van der Waals surface area (Å²) in [4.78, 5) is 44.1. The van der Waals surface area contributed by atoms with Crippen molar-refractivity contribution < 1.29 is 33.3 Å². The molecule has 0 spiro atoms. The van der Waals surface area contributed by atoms with Gasteiger partial charge in [-0.15, -0.1) is 0 Å². The first-order valence-corrected chi connectivity index (χ1v) is 16.6. The summed E-state index contributed by atoms with van der Waals surface area (Å²) in [7, 11) is 0. The van der Waals surface area contributed by atoms with Gasteiger partial charge in [0.25, 0.3) is 0 Å². The van der Waals surface area contributed by atoms with Gasteiger partial charge in [-0.05, 0) is 72.4 Å². The van der Waals surface area contributed by atoms with E-state index in [1.165, 1.54) is 6.92 Å². The van der Waals surface area contributed by atoms with Crippen molar-refractivity contribution in [1.29, 1.82) is 0 Å². The lowest BCUT2D eigenvalue weighted by Gasteiger charge is -2.66. The van der Waals surface area contributed by atoms with Crippen LogP contribution in [0.3, 0.4) is 0 Å². The summed E-state index contributed by atoms with van der Waals surface area (Å²) < 4.78 is 24.8. The van der Waals surface area contributed by atoms with Crippen molar-refractivity contribution >= 4 is 22.7 Å². The van der Waals surface area contributed by atoms with Gasteiger partial charge in [0, 0.05) is 42.3 Å². The molecule has 3 unspecified atom stereocenters. The Bertz CT molecular complexity index is 1950. The van der Waals surface area contributed by atoms with Crippen molar-refractivity contribution in [2.24, 2.45) is 28.6 Å². The fraction of sp³-hybridized carbons (Fsp3) is 0.436. The molecule has 3 aliphatic rings. The number of pyridine rings is 1. The molecule has 0 bridgehead atoms. The second kappa shape index (κ2) is 11.6. The number of carbonyl (C=O) groups excluding carboxylic acids is 2. The van der Waals surface area contributed by atoms with Crippen LogP contribution in [-0.4, -0.2) is 40.3 Å². The van der Waals surface area contributed by atoms with Crippen LogP contribution >= 0.6 is 0 Å². The second-order valence-corrected chi connectivity index (χ2v) is 14.6. The van der Waals surface area contributed by atoms with Crippen molar-refractivity contribution in [2.75, 3.05) is 6.61 Å². The third-order valence-electron chi connectivity index (χ3n) is 11.9. The van der Waals surface area contributed by atoms with E-state index in [9.17, 15) is 19.5 Å². The lowest BCUT2D eigenvalue weighted by molar-refractivity contribution is -0.257. The molecule has 2 aromatic carbocycles. The minimum absolute atomic E-state index is 0.0476. The number of hydrogen-bond acceptors (Lipinski definition) is 9. The smallest absolute Gasteiger partial charge is 0.345 e. The Hall–Kier alpha value is -4.50. The van der Waals surface area contributed by atoms with Crippen molar-refractivity contribution in [1.82, 2.24) is 4.98 Å². The number of rotatable bonds is 5. The predicted octanol–water partition coefficient (Wildman–Crippen LogP) is 6.91. The molecule has 3 heterocycles. The average Bonchev–Trinajstić information content (AvgIpc) is 3.06. The molecule has 7 rings (SSSR count). The van der Waals surface area contributed by atoms with Gasteiger partial charge in [0.2, 0.25) is 0 Å². The van der Waals surface area contributed by atoms with Gasteiger partial charge in [-0.2, -0.15) is 0 Å². The molecule has 2 saturated carbocycles.